The highest BCUT2D eigenvalue weighted by atomic mass is 16.6. The molecule has 0 spiro atoms. The third-order valence-electron chi connectivity index (χ3n) is 6.36. The number of hydrogen-bond acceptors (Lipinski definition) is 7. The highest BCUT2D eigenvalue weighted by Crippen LogP contribution is 2.34. The van der Waals surface area contributed by atoms with Crippen LogP contribution >= 0.6 is 0 Å². The summed E-state index contributed by atoms with van der Waals surface area (Å²) < 4.78 is 2.10. The molecule has 2 heterocycles. The number of anilines is 1. The molecule has 9 heteroatoms. The van der Waals surface area contributed by atoms with Crippen LogP contribution in [0.1, 0.15) is 63.9 Å². The molecule has 1 saturated heterocycles. The number of nitro groups is 1. The maximum atomic E-state index is 10.9. The van der Waals surface area contributed by atoms with Gasteiger partial charge in [0.25, 0.3) is 5.69 Å². The average molecular weight is 414 g/mol. The van der Waals surface area contributed by atoms with Gasteiger partial charge in [-0.25, -0.2) is 4.68 Å². The van der Waals surface area contributed by atoms with Crippen molar-refractivity contribution >= 4 is 11.4 Å². The van der Waals surface area contributed by atoms with Crippen LogP contribution in [-0.2, 0) is 0 Å². The zero-order valence-corrected chi connectivity index (χ0v) is 17.9. The van der Waals surface area contributed by atoms with E-state index in [0.717, 1.165) is 44.1 Å². The number of hydrogen-bond donors (Lipinski definition) is 0. The van der Waals surface area contributed by atoms with Gasteiger partial charge in [0.2, 0.25) is 0 Å². The van der Waals surface area contributed by atoms with E-state index in [9.17, 15) is 10.1 Å². The van der Waals surface area contributed by atoms with E-state index in [1.165, 1.54) is 25.7 Å². The molecule has 2 aliphatic rings. The van der Waals surface area contributed by atoms with Gasteiger partial charge in [-0.3, -0.25) is 15.0 Å². The Kier molecular flexibility index (Phi) is 6.26. The Hall–Kier alpha value is -2.55. The molecule has 2 fully saturated rings. The quantitative estimate of drug-likeness (QED) is 0.506. The van der Waals surface area contributed by atoms with Crippen molar-refractivity contribution in [1.29, 1.82) is 0 Å². The summed E-state index contributed by atoms with van der Waals surface area (Å²) in [6.07, 6.45) is 5.88. The average Bonchev–Trinajstić information content (AvgIpc) is 3.44. The maximum absolute atomic E-state index is 10.9. The highest BCUT2D eigenvalue weighted by molar-refractivity contribution is 5.51. The molecule has 0 bridgehead atoms. The lowest BCUT2D eigenvalue weighted by molar-refractivity contribution is -0.384. The molecule has 1 aromatic heterocycles. The summed E-state index contributed by atoms with van der Waals surface area (Å²) in [5.74, 6) is 1.57. The molecule has 1 aliphatic heterocycles. The van der Waals surface area contributed by atoms with E-state index in [2.05, 4.69) is 43.9 Å². The molecule has 0 N–H and O–H groups in total. The van der Waals surface area contributed by atoms with E-state index in [1.807, 2.05) is 12.1 Å². The normalized spacial score (nSPS) is 19.5. The zero-order chi connectivity index (χ0) is 21.1. The minimum absolute atomic E-state index is 0.133. The summed E-state index contributed by atoms with van der Waals surface area (Å²) >= 11 is 0. The van der Waals surface area contributed by atoms with Gasteiger partial charge in [0.1, 0.15) is 0 Å². The van der Waals surface area contributed by atoms with Gasteiger partial charge in [-0.2, -0.15) is 0 Å². The number of non-ortho nitro benzene ring substituents is 1. The lowest BCUT2D eigenvalue weighted by atomic mass is 10.0. The molecule has 0 amide bonds. The number of tetrazole rings is 1. The molecule has 2 aromatic rings. The van der Waals surface area contributed by atoms with Crippen LogP contribution in [0, 0.1) is 16.0 Å². The van der Waals surface area contributed by atoms with Crippen LogP contribution in [-0.4, -0.2) is 56.2 Å². The lowest BCUT2D eigenvalue weighted by Crippen LogP contribution is -2.48. The van der Waals surface area contributed by atoms with Crippen LogP contribution in [0.5, 0.6) is 0 Å². The van der Waals surface area contributed by atoms with Crippen molar-refractivity contribution in [2.45, 2.75) is 58.0 Å². The van der Waals surface area contributed by atoms with Gasteiger partial charge in [0.15, 0.2) is 5.82 Å². The van der Waals surface area contributed by atoms with Gasteiger partial charge in [0, 0.05) is 44.0 Å². The van der Waals surface area contributed by atoms with E-state index in [0.29, 0.717) is 12.0 Å². The van der Waals surface area contributed by atoms with Crippen molar-refractivity contribution in [2.75, 3.05) is 31.1 Å². The summed E-state index contributed by atoms with van der Waals surface area (Å²) in [5, 5.41) is 23.8. The molecule has 1 saturated carbocycles. The number of nitrogens with zero attached hydrogens (tertiary/aromatic N) is 7. The second-order valence-electron chi connectivity index (χ2n) is 8.86. The maximum Gasteiger partial charge on any atom is 0.269 e. The smallest absolute Gasteiger partial charge is 0.269 e. The number of piperazine rings is 1. The molecule has 1 atom stereocenters. The Balaban J connectivity index is 1.46. The molecule has 0 radical (unpaired) electrons. The van der Waals surface area contributed by atoms with Gasteiger partial charge in [-0.15, -0.1) is 5.10 Å². The minimum atomic E-state index is -0.354. The van der Waals surface area contributed by atoms with Crippen molar-refractivity contribution in [3.8, 4) is 0 Å². The Morgan fingerprint density at radius 1 is 1.10 bits per heavy atom. The summed E-state index contributed by atoms with van der Waals surface area (Å²) in [4.78, 5) is 15.4. The molecule has 1 aromatic carbocycles. The molecule has 1 aliphatic carbocycles. The van der Waals surface area contributed by atoms with Gasteiger partial charge < -0.3 is 4.90 Å². The van der Waals surface area contributed by atoms with Crippen molar-refractivity contribution in [1.82, 2.24) is 25.1 Å². The molecule has 9 nitrogen and oxygen atoms in total. The van der Waals surface area contributed by atoms with Crippen molar-refractivity contribution in [3.05, 3.63) is 40.2 Å². The summed E-state index contributed by atoms with van der Waals surface area (Å²) in [6.45, 7) is 8.13. The fourth-order valence-corrected chi connectivity index (χ4v) is 4.77. The fourth-order valence-electron chi connectivity index (χ4n) is 4.77. The first-order valence-corrected chi connectivity index (χ1v) is 11.0. The molecule has 30 heavy (non-hydrogen) atoms. The number of aromatic nitrogens is 4. The number of nitro benzene ring substituents is 1. The van der Waals surface area contributed by atoms with Gasteiger partial charge >= 0.3 is 0 Å². The third-order valence-corrected chi connectivity index (χ3v) is 6.36. The standard InChI is InChI=1S/C21H31N7O2/c1-16(2)15-20(21-22-23-24-27(21)18-5-3-4-6-18)26-13-11-25(12-14-26)17-7-9-19(10-8-17)28(29)30/h7-10,16,18,20H,3-6,11-15H2,1-2H3/t20-/m0/s1. The minimum Gasteiger partial charge on any atom is -0.369 e. The van der Waals surface area contributed by atoms with Crippen LogP contribution in [0.25, 0.3) is 0 Å². The Morgan fingerprint density at radius 2 is 1.77 bits per heavy atom. The third kappa shape index (κ3) is 4.45. The Morgan fingerprint density at radius 3 is 2.37 bits per heavy atom. The van der Waals surface area contributed by atoms with Gasteiger partial charge in [-0.05, 0) is 47.7 Å². The first-order valence-electron chi connectivity index (χ1n) is 11.0. The first-order chi connectivity index (χ1) is 14.5. The molecular weight excluding hydrogens is 382 g/mol. The molecule has 0 unspecified atom stereocenters. The monoisotopic (exact) mass is 413 g/mol. The predicted molar refractivity (Wildman–Crippen MR) is 114 cm³/mol. The first kappa shape index (κ1) is 20.7. The lowest BCUT2D eigenvalue weighted by Gasteiger charge is -2.40. The topological polar surface area (TPSA) is 93.2 Å². The van der Waals surface area contributed by atoms with Crippen molar-refractivity contribution < 1.29 is 4.92 Å². The van der Waals surface area contributed by atoms with E-state index < -0.39 is 0 Å². The zero-order valence-electron chi connectivity index (χ0n) is 17.9. The molecular formula is C21H31N7O2. The van der Waals surface area contributed by atoms with Crippen LogP contribution < -0.4 is 4.90 Å². The summed E-state index contributed by atoms with van der Waals surface area (Å²) in [5.41, 5.74) is 1.17. The predicted octanol–water partition coefficient (Wildman–Crippen LogP) is 3.61. The Bertz CT molecular complexity index is 837. The molecule has 4 rings (SSSR count). The van der Waals surface area contributed by atoms with Crippen molar-refractivity contribution in [3.63, 3.8) is 0 Å². The van der Waals surface area contributed by atoms with Crippen LogP contribution in [0.2, 0.25) is 0 Å². The Labute approximate surface area is 177 Å². The van der Waals surface area contributed by atoms with Crippen molar-refractivity contribution in [2.24, 2.45) is 5.92 Å². The highest BCUT2D eigenvalue weighted by Gasteiger charge is 2.32. The van der Waals surface area contributed by atoms with E-state index in [1.54, 1.807) is 12.1 Å². The van der Waals surface area contributed by atoms with E-state index >= 15 is 0 Å². The van der Waals surface area contributed by atoms with E-state index in [-0.39, 0.29) is 16.7 Å². The van der Waals surface area contributed by atoms with E-state index in [4.69, 9.17) is 0 Å². The van der Waals surface area contributed by atoms with Crippen LogP contribution in [0.3, 0.4) is 0 Å². The van der Waals surface area contributed by atoms with Gasteiger partial charge in [0.05, 0.1) is 17.0 Å². The largest absolute Gasteiger partial charge is 0.369 e. The van der Waals surface area contributed by atoms with Crippen LogP contribution in [0.4, 0.5) is 11.4 Å². The molecule has 162 valence electrons. The summed E-state index contributed by atoms with van der Waals surface area (Å²) in [6, 6.07) is 7.52. The second-order valence-corrected chi connectivity index (χ2v) is 8.86. The number of rotatable bonds is 7. The number of benzene rings is 1. The summed E-state index contributed by atoms with van der Waals surface area (Å²) in [7, 11) is 0. The fraction of sp³-hybridized carbons (Fsp3) is 0.667. The van der Waals surface area contributed by atoms with Gasteiger partial charge in [-0.1, -0.05) is 26.7 Å². The second kappa shape index (κ2) is 9.07. The van der Waals surface area contributed by atoms with Crippen LogP contribution in [0.15, 0.2) is 24.3 Å². The SMILES string of the molecule is CC(C)C[C@@H](c1nnnn1C1CCCC1)N1CCN(c2ccc([N+](=O)[O-])cc2)CC1.